The smallest absolute Gasteiger partial charge is 0.456 e. The lowest BCUT2D eigenvalue weighted by Crippen LogP contribution is -2.42. The monoisotopic (exact) mass is 564 g/mol. The van der Waals surface area contributed by atoms with E-state index in [1.165, 1.54) is 13.8 Å². The molecule has 38 heavy (non-hydrogen) atoms. The van der Waals surface area contributed by atoms with Crippen molar-refractivity contribution in [3.05, 3.63) is 0 Å². The van der Waals surface area contributed by atoms with Crippen molar-refractivity contribution in [1.29, 1.82) is 0 Å². The number of hydrogen-bond donors (Lipinski definition) is 1. The van der Waals surface area contributed by atoms with E-state index >= 15 is 0 Å². The summed E-state index contributed by atoms with van der Waals surface area (Å²) in [5, 5.41) is 8.44. The van der Waals surface area contributed by atoms with Gasteiger partial charge in [0.25, 0.3) is 0 Å². The van der Waals surface area contributed by atoms with E-state index in [4.69, 9.17) is 14.6 Å². The maximum Gasteiger partial charge on any atom is 0.456 e. The second-order valence-electron chi connectivity index (χ2n) is 10.6. The summed E-state index contributed by atoms with van der Waals surface area (Å²) in [6.45, 7) is 13.6. The standard InChI is InChI=1S/C10H16O4.C9H13F5O2.C6H12O2/c1-4-10(2,3)9(12)14-7-5-6-13-8(7)11;1-4-7(2,3)6(15)16-5-8(10,11)9(12,13)14;1-4-6(2,3)5(7)8/h7H,4-6H2,1-3H3;4-5H2,1-3H3;4H2,1-3H3,(H,7,8). The largest absolute Gasteiger partial charge is 0.481 e. The van der Waals surface area contributed by atoms with E-state index < -0.39 is 59.0 Å². The average molecular weight is 565 g/mol. The highest BCUT2D eigenvalue weighted by Crippen LogP contribution is 2.36. The predicted molar refractivity (Wildman–Crippen MR) is 127 cm³/mol. The van der Waals surface area contributed by atoms with Gasteiger partial charge in [0.1, 0.15) is 0 Å². The summed E-state index contributed by atoms with van der Waals surface area (Å²) in [6.07, 6.45) is -4.26. The highest BCUT2D eigenvalue weighted by atomic mass is 19.4. The Morgan fingerprint density at radius 2 is 1.26 bits per heavy atom. The molecule has 13 heteroatoms. The number of ether oxygens (including phenoxy) is 3. The zero-order valence-electron chi connectivity index (χ0n) is 23.5. The minimum absolute atomic E-state index is 0.281. The molecule has 0 spiro atoms. The number of carbonyl (C=O) groups excluding carboxylic acids is 3. The number of carboxylic acids is 1. The van der Waals surface area contributed by atoms with Gasteiger partial charge in [-0.1, -0.05) is 20.8 Å². The number of halogens is 5. The van der Waals surface area contributed by atoms with E-state index in [2.05, 4.69) is 4.74 Å². The van der Waals surface area contributed by atoms with Crippen molar-refractivity contribution in [3.63, 3.8) is 0 Å². The molecule has 1 saturated heterocycles. The lowest BCUT2D eigenvalue weighted by molar-refractivity contribution is -0.294. The number of aliphatic carboxylic acids is 1. The second-order valence-corrected chi connectivity index (χ2v) is 10.6. The average Bonchev–Trinajstić information content (AvgIpc) is 3.21. The Morgan fingerprint density at radius 1 is 0.842 bits per heavy atom. The fourth-order valence-electron chi connectivity index (χ4n) is 1.75. The highest BCUT2D eigenvalue weighted by molar-refractivity contribution is 5.82. The summed E-state index contributed by atoms with van der Waals surface area (Å²) in [5.41, 5.74) is -2.13. The van der Waals surface area contributed by atoms with E-state index in [0.717, 1.165) is 0 Å². The third-order valence-corrected chi connectivity index (χ3v) is 6.27. The van der Waals surface area contributed by atoms with Crippen LogP contribution < -0.4 is 0 Å². The van der Waals surface area contributed by atoms with Crippen molar-refractivity contribution in [1.82, 2.24) is 0 Å². The van der Waals surface area contributed by atoms with Crippen LogP contribution in [-0.2, 0) is 33.4 Å². The van der Waals surface area contributed by atoms with E-state index in [1.54, 1.807) is 34.6 Å². The predicted octanol–water partition coefficient (Wildman–Crippen LogP) is 5.95. The summed E-state index contributed by atoms with van der Waals surface area (Å²) >= 11 is 0. The number of cyclic esters (lactones) is 1. The second kappa shape index (κ2) is 14.6. The van der Waals surface area contributed by atoms with Gasteiger partial charge in [0.15, 0.2) is 6.61 Å². The van der Waals surface area contributed by atoms with Crippen LogP contribution in [0.4, 0.5) is 22.0 Å². The maximum atomic E-state index is 12.4. The van der Waals surface area contributed by atoms with Crippen molar-refractivity contribution >= 4 is 23.9 Å². The quantitative estimate of drug-likeness (QED) is 0.207. The van der Waals surface area contributed by atoms with Crippen molar-refractivity contribution < 1.29 is 60.4 Å². The molecule has 1 aliphatic rings. The van der Waals surface area contributed by atoms with Gasteiger partial charge >= 0.3 is 36.0 Å². The third-order valence-electron chi connectivity index (χ3n) is 6.27. The third kappa shape index (κ3) is 12.4. The molecule has 1 rings (SSSR count). The van der Waals surface area contributed by atoms with Gasteiger partial charge < -0.3 is 19.3 Å². The first-order chi connectivity index (χ1) is 16.9. The number of alkyl halides is 5. The Labute approximate surface area is 220 Å². The summed E-state index contributed by atoms with van der Waals surface area (Å²) in [4.78, 5) is 44.0. The van der Waals surface area contributed by atoms with Crippen LogP contribution in [0.15, 0.2) is 0 Å². The van der Waals surface area contributed by atoms with Gasteiger partial charge in [0.2, 0.25) is 6.10 Å². The van der Waals surface area contributed by atoms with Crippen LogP contribution >= 0.6 is 0 Å². The Morgan fingerprint density at radius 3 is 1.55 bits per heavy atom. The lowest BCUT2D eigenvalue weighted by atomic mass is 9.90. The van der Waals surface area contributed by atoms with Gasteiger partial charge in [-0.15, -0.1) is 0 Å². The number of carbonyl (C=O) groups is 4. The maximum absolute atomic E-state index is 12.4. The van der Waals surface area contributed by atoms with Crippen LogP contribution in [0.1, 0.15) is 88.0 Å². The van der Waals surface area contributed by atoms with Crippen LogP contribution in [0, 0.1) is 16.2 Å². The minimum atomic E-state index is -5.70. The van der Waals surface area contributed by atoms with E-state index in [-0.39, 0.29) is 12.4 Å². The summed E-state index contributed by atoms with van der Waals surface area (Å²) in [7, 11) is 0. The molecule has 0 amide bonds. The molecule has 1 N–H and O–H groups in total. The van der Waals surface area contributed by atoms with Gasteiger partial charge in [-0.2, -0.15) is 22.0 Å². The van der Waals surface area contributed by atoms with Crippen LogP contribution in [-0.4, -0.2) is 60.4 Å². The Bertz CT molecular complexity index is 804. The first-order valence-electron chi connectivity index (χ1n) is 12.1. The minimum Gasteiger partial charge on any atom is -0.481 e. The van der Waals surface area contributed by atoms with Crippen LogP contribution in [0.5, 0.6) is 0 Å². The molecule has 8 nitrogen and oxygen atoms in total. The summed E-state index contributed by atoms with van der Waals surface area (Å²) in [6, 6.07) is 0. The van der Waals surface area contributed by atoms with E-state index in [0.29, 0.717) is 25.9 Å². The normalized spacial score (nSPS) is 16.3. The zero-order chi connectivity index (χ0) is 30.8. The first kappa shape index (κ1) is 37.7. The summed E-state index contributed by atoms with van der Waals surface area (Å²) in [5.74, 6) is -7.56. The number of rotatable bonds is 9. The molecule has 224 valence electrons. The number of carboxylic acid groups (broad SMARTS) is 1. The SMILES string of the molecule is CCC(C)(C)C(=O)O.CCC(C)(C)C(=O)OC1CCOC1=O.CCC(C)(C)C(=O)OCC(F)(F)C(F)(F)F. The molecule has 1 fully saturated rings. The fourth-order valence-corrected chi connectivity index (χ4v) is 1.75. The van der Waals surface area contributed by atoms with Crippen LogP contribution in [0.2, 0.25) is 0 Å². The molecule has 0 aromatic heterocycles. The highest BCUT2D eigenvalue weighted by Gasteiger charge is 2.58. The molecular weight excluding hydrogens is 523 g/mol. The van der Waals surface area contributed by atoms with Gasteiger partial charge in [-0.25, -0.2) is 4.79 Å². The topological polar surface area (TPSA) is 116 Å². The van der Waals surface area contributed by atoms with Crippen molar-refractivity contribution in [3.8, 4) is 0 Å². The van der Waals surface area contributed by atoms with Crippen molar-refractivity contribution in [2.24, 2.45) is 16.2 Å². The lowest BCUT2D eigenvalue weighted by Gasteiger charge is -2.24. The fraction of sp³-hybridized carbons (Fsp3) is 0.840. The molecule has 1 unspecified atom stereocenters. The molecule has 0 radical (unpaired) electrons. The number of hydrogen-bond acceptors (Lipinski definition) is 7. The summed E-state index contributed by atoms with van der Waals surface area (Å²) < 4.78 is 73.7. The van der Waals surface area contributed by atoms with Crippen molar-refractivity contribution in [2.45, 2.75) is 106 Å². The van der Waals surface area contributed by atoms with Crippen molar-refractivity contribution in [2.75, 3.05) is 13.2 Å². The van der Waals surface area contributed by atoms with Crippen LogP contribution in [0.3, 0.4) is 0 Å². The van der Waals surface area contributed by atoms with Gasteiger partial charge in [-0.05, 0) is 60.8 Å². The Hall–Kier alpha value is -2.47. The Balaban J connectivity index is 0. The molecule has 0 aliphatic carbocycles. The van der Waals surface area contributed by atoms with Gasteiger partial charge in [0.05, 0.1) is 22.9 Å². The zero-order valence-corrected chi connectivity index (χ0v) is 23.5. The molecule has 1 heterocycles. The Kier molecular flexibility index (Phi) is 14.5. The number of esters is 3. The first-order valence-corrected chi connectivity index (χ1v) is 12.1. The molecule has 0 aromatic rings. The molecule has 1 aliphatic heterocycles. The van der Waals surface area contributed by atoms with Gasteiger partial charge in [0, 0.05) is 6.42 Å². The molecule has 0 bridgehead atoms. The molecule has 1 atom stereocenters. The molecular formula is C25H41F5O8. The molecule has 0 saturated carbocycles. The molecule has 0 aromatic carbocycles. The van der Waals surface area contributed by atoms with E-state index in [1.807, 2.05) is 13.8 Å². The van der Waals surface area contributed by atoms with Crippen LogP contribution in [0.25, 0.3) is 0 Å². The van der Waals surface area contributed by atoms with Gasteiger partial charge in [-0.3, -0.25) is 14.4 Å². The van der Waals surface area contributed by atoms with E-state index in [9.17, 15) is 41.1 Å².